The summed E-state index contributed by atoms with van der Waals surface area (Å²) in [5.41, 5.74) is 5.64. The number of nitrogens with zero attached hydrogens (tertiary/aromatic N) is 3. The van der Waals surface area contributed by atoms with Gasteiger partial charge in [0.15, 0.2) is 0 Å². The van der Waals surface area contributed by atoms with E-state index in [2.05, 4.69) is 33.1 Å². The first-order valence-corrected chi connectivity index (χ1v) is 13.4. The Morgan fingerprint density at radius 2 is 2.11 bits per heavy atom. The van der Waals surface area contributed by atoms with Gasteiger partial charge in [0, 0.05) is 55.4 Å². The van der Waals surface area contributed by atoms with Crippen LogP contribution in [0.5, 0.6) is 0 Å². The van der Waals surface area contributed by atoms with Gasteiger partial charge in [0.05, 0.1) is 16.8 Å². The van der Waals surface area contributed by atoms with Gasteiger partial charge in [-0.05, 0) is 48.4 Å². The van der Waals surface area contributed by atoms with Crippen molar-refractivity contribution in [2.24, 2.45) is 0 Å². The lowest BCUT2D eigenvalue weighted by molar-refractivity contribution is -0.116. The number of anilines is 1. The molecule has 1 amide bonds. The number of methoxy groups -OCH3 is 1. The van der Waals surface area contributed by atoms with Crippen LogP contribution in [0.25, 0.3) is 31.9 Å². The third-order valence-corrected chi connectivity index (χ3v) is 8.19. The maximum atomic E-state index is 12.7. The SMILES string of the molecule is COCCNCCC(=O)Nc1sc2c(c1-c1nc3ccc(-c4ccc(C#N)nc4)cc3s1)CCNC2. The van der Waals surface area contributed by atoms with Crippen molar-refractivity contribution in [1.82, 2.24) is 20.6 Å². The van der Waals surface area contributed by atoms with Gasteiger partial charge in [-0.1, -0.05) is 6.07 Å². The van der Waals surface area contributed by atoms with Crippen molar-refractivity contribution in [2.45, 2.75) is 19.4 Å². The summed E-state index contributed by atoms with van der Waals surface area (Å²) in [4.78, 5) is 23.1. The lowest BCUT2D eigenvalue weighted by atomic mass is 10.0. The molecule has 0 spiro atoms. The number of nitrogens with one attached hydrogen (secondary N) is 3. The molecular weight excluding hydrogens is 492 g/mol. The van der Waals surface area contributed by atoms with Crippen molar-refractivity contribution in [3.8, 4) is 27.8 Å². The number of pyridine rings is 1. The number of aromatic nitrogens is 2. The molecule has 3 aromatic heterocycles. The van der Waals surface area contributed by atoms with E-state index in [1.165, 1.54) is 10.4 Å². The van der Waals surface area contributed by atoms with Crippen LogP contribution in [0.3, 0.4) is 0 Å². The number of thiazole rings is 1. The van der Waals surface area contributed by atoms with E-state index in [0.717, 1.165) is 63.0 Å². The molecule has 184 valence electrons. The first-order chi connectivity index (χ1) is 17.7. The summed E-state index contributed by atoms with van der Waals surface area (Å²) in [5, 5.41) is 20.6. The van der Waals surface area contributed by atoms with Crippen molar-refractivity contribution < 1.29 is 9.53 Å². The molecule has 0 aliphatic carbocycles. The van der Waals surface area contributed by atoms with Crippen LogP contribution in [0.2, 0.25) is 0 Å². The van der Waals surface area contributed by atoms with Gasteiger partial charge in [0.1, 0.15) is 21.8 Å². The van der Waals surface area contributed by atoms with Gasteiger partial charge in [0.25, 0.3) is 0 Å². The highest BCUT2D eigenvalue weighted by Gasteiger charge is 2.25. The number of nitriles is 1. The smallest absolute Gasteiger partial charge is 0.226 e. The van der Waals surface area contributed by atoms with Gasteiger partial charge in [-0.15, -0.1) is 22.7 Å². The minimum atomic E-state index is -0.00978. The zero-order valence-electron chi connectivity index (χ0n) is 19.9. The molecule has 0 atom stereocenters. The van der Waals surface area contributed by atoms with Gasteiger partial charge in [-0.3, -0.25) is 4.79 Å². The predicted octanol–water partition coefficient (Wildman–Crippen LogP) is 4.17. The molecule has 4 aromatic rings. The van der Waals surface area contributed by atoms with E-state index in [-0.39, 0.29) is 5.91 Å². The highest BCUT2D eigenvalue weighted by molar-refractivity contribution is 7.23. The Morgan fingerprint density at radius 3 is 2.92 bits per heavy atom. The second-order valence-corrected chi connectivity index (χ2v) is 10.6. The Labute approximate surface area is 217 Å². The minimum absolute atomic E-state index is 0.00978. The molecule has 0 bridgehead atoms. The van der Waals surface area contributed by atoms with Crippen LogP contribution in [0.4, 0.5) is 5.00 Å². The summed E-state index contributed by atoms with van der Waals surface area (Å²) in [6.45, 7) is 3.67. The van der Waals surface area contributed by atoms with E-state index in [0.29, 0.717) is 25.3 Å². The molecular formula is C26H26N6O2S2. The molecule has 1 aliphatic rings. The van der Waals surface area contributed by atoms with Crippen LogP contribution in [0.15, 0.2) is 36.5 Å². The Balaban J connectivity index is 1.43. The summed E-state index contributed by atoms with van der Waals surface area (Å²) in [5.74, 6) is -0.00978. The number of hydrogen-bond acceptors (Lipinski definition) is 9. The van der Waals surface area contributed by atoms with E-state index in [1.54, 1.807) is 42.0 Å². The number of hydrogen-bond donors (Lipinski definition) is 3. The van der Waals surface area contributed by atoms with E-state index in [4.69, 9.17) is 15.0 Å². The average molecular weight is 519 g/mol. The molecule has 1 aromatic carbocycles. The maximum Gasteiger partial charge on any atom is 0.226 e. The molecule has 8 nitrogen and oxygen atoms in total. The topological polar surface area (TPSA) is 112 Å². The van der Waals surface area contributed by atoms with Crippen LogP contribution in [-0.2, 0) is 22.5 Å². The zero-order valence-corrected chi connectivity index (χ0v) is 21.5. The number of thiophene rings is 1. The molecule has 0 radical (unpaired) electrons. The van der Waals surface area contributed by atoms with Gasteiger partial charge >= 0.3 is 0 Å². The standard InChI is InChI=1S/C26H26N6O2S2/c1-34-11-10-28-9-7-23(33)32-26-24(19-6-8-29-15-22(19)36-26)25-31-20-5-3-16(12-21(20)35-25)17-2-4-18(13-27)30-14-17/h2-5,12,14,28-29H,6-11,15H2,1H3,(H,32,33). The van der Waals surface area contributed by atoms with E-state index in [1.807, 2.05) is 18.2 Å². The number of fused-ring (bicyclic) bond motifs is 2. The van der Waals surface area contributed by atoms with Gasteiger partial charge in [-0.25, -0.2) is 9.97 Å². The fourth-order valence-corrected chi connectivity index (χ4v) is 6.56. The maximum absolute atomic E-state index is 12.7. The fraction of sp³-hybridized carbons (Fsp3) is 0.308. The second kappa shape index (κ2) is 11.2. The van der Waals surface area contributed by atoms with Crippen LogP contribution in [0, 0.1) is 11.3 Å². The number of carbonyl (C=O) groups excluding carboxylic acids is 1. The van der Waals surface area contributed by atoms with Crippen LogP contribution >= 0.6 is 22.7 Å². The zero-order chi connectivity index (χ0) is 24.9. The van der Waals surface area contributed by atoms with Crippen LogP contribution in [-0.4, -0.2) is 49.2 Å². The highest BCUT2D eigenvalue weighted by atomic mass is 32.1. The summed E-state index contributed by atoms with van der Waals surface area (Å²) in [6.07, 6.45) is 3.03. The first-order valence-electron chi connectivity index (χ1n) is 11.8. The van der Waals surface area contributed by atoms with Crippen LogP contribution in [0.1, 0.15) is 22.6 Å². The molecule has 0 saturated carbocycles. The molecule has 10 heteroatoms. The van der Waals surface area contributed by atoms with Gasteiger partial charge in [-0.2, -0.15) is 5.26 Å². The Kier molecular flexibility index (Phi) is 7.65. The van der Waals surface area contributed by atoms with E-state index >= 15 is 0 Å². The van der Waals surface area contributed by atoms with Gasteiger partial charge < -0.3 is 20.7 Å². The summed E-state index contributed by atoms with van der Waals surface area (Å²) in [7, 11) is 1.66. The number of rotatable bonds is 9. The Bertz CT molecular complexity index is 1420. The Morgan fingerprint density at radius 1 is 1.22 bits per heavy atom. The molecule has 4 heterocycles. The monoisotopic (exact) mass is 518 g/mol. The van der Waals surface area contributed by atoms with E-state index in [9.17, 15) is 4.79 Å². The summed E-state index contributed by atoms with van der Waals surface area (Å²) in [6, 6.07) is 11.9. The number of amides is 1. The minimum Gasteiger partial charge on any atom is -0.383 e. The largest absolute Gasteiger partial charge is 0.383 e. The normalized spacial score (nSPS) is 12.9. The molecule has 0 unspecified atom stereocenters. The van der Waals surface area contributed by atoms with Crippen molar-refractivity contribution >= 4 is 43.8 Å². The predicted molar refractivity (Wildman–Crippen MR) is 144 cm³/mol. The molecule has 36 heavy (non-hydrogen) atoms. The Hall–Kier alpha value is -3.20. The average Bonchev–Trinajstić information content (AvgIpc) is 3.48. The first kappa shape index (κ1) is 24.5. The van der Waals surface area contributed by atoms with Gasteiger partial charge in [0.2, 0.25) is 5.91 Å². The molecule has 0 saturated heterocycles. The molecule has 1 aliphatic heterocycles. The third kappa shape index (κ3) is 5.31. The third-order valence-electron chi connectivity index (χ3n) is 6.01. The summed E-state index contributed by atoms with van der Waals surface area (Å²) >= 11 is 3.28. The van der Waals surface area contributed by atoms with Crippen molar-refractivity contribution in [1.29, 1.82) is 5.26 Å². The number of ether oxygens (including phenoxy) is 1. The molecule has 0 fully saturated rings. The molecule has 5 rings (SSSR count). The van der Waals surface area contributed by atoms with Crippen molar-refractivity contribution in [2.75, 3.05) is 38.7 Å². The lowest BCUT2D eigenvalue weighted by Crippen LogP contribution is -2.24. The van der Waals surface area contributed by atoms with Crippen LogP contribution < -0.4 is 16.0 Å². The second-order valence-electron chi connectivity index (χ2n) is 8.42. The lowest BCUT2D eigenvalue weighted by Gasteiger charge is -2.13. The van der Waals surface area contributed by atoms with Crippen molar-refractivity contribution in [3.63, 3.8) is 0 Å². The fourth-order valence-electron chi connectivity index (χ4n) is 4.18. The van der Waals surface area contributed by atoms with E-state index < -0.39 is 0 Å². The quantitative estimate of drug-likeness (QED) is 0.285. The highest BCUT2D eigenvalue weighted by Crippen LogP contribution is 2.45. The molecule has 3 N–H and O–H groups in total. The van der Waals surface area contributed by atoms with Crippen molar-refractivity contribution in [3.05, 3.63) is 52.7 Å². The summed E-state index contributed by atoms with van der Waals surface area (Å²) < 4.78 is 6.10. The number of carbonyl (C=O) groups is 1. The number of benzene rings is 1.